The lowest BCUT2D eigenvalue weighted by molar-refractivity contribution is -0.113. The Morgan fingerprint density at radius 2 is 1.65 bits per heavy atom. The van der Waals surface area contributed by atoms with Crippen molar-refractivity contribution in [3.8, 4) is 11.5 Å². The Hall–Kier alpha value is -2.64. The van der Waals surface area contributed by atoms with Crippen molar-refractivity contribution in [2.75, 3.05) is 11.5 Å². The van der Waals surface area contributed by atoms with E-state index in [2.05, 4.69) is 0 Å². The number of rotatable bonds is 7. The smallest absolute Gasteiger partial charge is 0.298 e. The SMILES string of the molecule is CCOc1cc(/C=C2\SC(=O)N(c3ccc(Cl)c(Cl)c3)C2=O)ccc1OCc1ccc(Cl)cc1. The van der Waals surface area contributed by atoms with Gasteiger partial charge in [-0.1, -0.05) is 53.0 Å². The summed E-state index contributed by atoms with van der Waals surface area (Å²) in [4.78, 5) is 26.9. The maximum absolute atomic E-state index is 13.0. The third-order valence-corrected chi connectivity index (χ3v) is 6.69. The molecular formula is C25H18Cl3NO4S. The standard InChI is InChI=1S/C25H18Cl3NO4S/c1-2-32-22-11-16(5-10-21(22)33-14-15-3-6-17(26)7-4-15)12-23-24(30)29(25(31)34-23)18-8-9-19(27)20(28)13-18/h3-13H,2,14H2,1H3/b23-12-. The molecule has 34 heavy (non-hydrogen) atoms. The summed E-state index contributed by atoms with van der Waals surface area (Å²) < 4.78 is 11.7. The fourth-order valence-electron chi connectivity index (χ4n) is 3.21. The average molecular weight is 535 g/mol. The number of imide groups is 1. The van der Waals surface area contributed by atoms with Gasteiger partial charge in [0.25, 0.3) is 11.1 Å². The predicted molar refractivity (Wildman–Crippen MR) is 138 cm³/mol. The summed E-state index contributed by atoms with van der Waals surface area (Å²) in [7, 11) is 0. The fourth-order valence-corrected chi connectivity index (χ4v) is 4.47. The highest BCUT2D eigenvalue weighted by molar-refractivity contribution is 8.19. The Morgan fingerprint density at radius 3 is 2.35 bits per heavy atom. The van der Waals surface area contributed by atoms with Gasteiger partial charge in [-0.15, -0.1) is 0 Å². The van der Waals surface area contributed by atoms with Crippen molar-refractivity contribution < 1.29 is 19.1 Å². The number of ether oxygens (including phenoxy) is 2. The number of nitrogens with zero attached hydrogens (tertiary/aromatic N) is 1. The first-order valence-corrected chi connectivity index (χ1v) is 12.2. The van der Waals surface area contributed by atoms with Crippen LogP contribution in [0.3, 0.4) is 0 Å². The molecule has 0 aromatic heterocycles. The molecule has 0 radical (unpaired) electrons. The lowest BCUT2D eigenvalue weighted by Gasteiger charge is -2.13. The van der Waals surface area contributed by atoms with Crippen LogP contribution in [-0.4, -0.2) is 17.8 Å². The van der Waals surface area contributed by atoms with Gasteiger partial charge in [-0.05, 0) is 78.4 Å². The Balaban J connectivity index is 1.55. The topological polar surface area (TPSA) is 55.8 Å². The molecule has 0 N–H and O–H groups in total. The van der Waals surface area contributed by atoms with Gasteiger partial charge < -0.3 is 9.47 Å². The van der Waals surface area contributed by atoms with E-state index < -0.39 is 11.1 Å². The molecule has 5 nitrogen and oxygen atoms in total. The lowest BCUT2D eigenvalue weighted by Crippen LogP contribution is -2.27. The van der Waals surface area contributed by atoms with E-state index >= 15 is 0 Å². The van der Waals surface area contributed by atoms with E-state index in [0.29, 0.717) is 46.0 Å². The van der Waals surface area contributed by atoms with Crippen LogP contribution in [-0.2, 0) is 11.4 Å². The van der Waals surface area contributed by atoms with Crippen molar-refractivity contribution in [1.29, 1.82) is 0 Å². The molecule has 0 unspecified atom stereocenters. The third-order valence-electron chi connectivity index (χ3n) is 4.83. The van der Waals surface area contributed by atoms with Crippen molar-refractivity contribution >= 4 is 69.5 Å². The number of thioether (sulfide) groups is 1. The molecule has 0 aliphatic carbocycles. The monoisotopic (exact) mass is 533 g/mol. The molecule has 3 aromatic carbocycles. The van der Waals surface area contributed by atoms with Crippen LogP contribution in [0.25, 0.3) is 6.08 Å². The Morgan fingerprint density at radius 1 is 0.882 bits per heavy atom. The van der Waals surface area contributed by atoms with Gasteiger partial charge in [0.05, 0.1) is 27.2 Å². The van der Waals surface area contributed by atoms with E-state index in [4.69, 9.17) is 44.3 Å². The summed E-state index contributed by atoms with van der Waals surface area (Å²) >= 11 is 18.8. The van der Waals surface area contributed by atoms with Crippen molar-refractivity contribution in [1.82, 2.24) is 0 Å². The molecule has 2 amide bonds. The summed E-state index contributed by atoms with van der Waals surface area (Å²) in [5.41, 5.74) is 2.02. The zero-order valence-corrected chi connectivity index (χ0v) is 21.0. The predicted octanol–water partition coefficient (Wildman–Crippen LogP) is 7.87. The lowest BCUT2D eigenvalue weighted by atomic mass is 10.1. The van der Waals surface area contributed by atoms with Crippen LogP contribution < -0.4 is 14.4 Å². The molecule has 3 aromatic rings. The molecule has 1 saturated heterocycles. The van der Waals surface area contributed by atoms with Gasteiger partial charge in [0.1, 0.15) is 6.61 Å². The molecule has 1 aliphatic rings. The first-order chi connectivity index (χ1) is 16.4. The van der Waals surface area contributed by atoms with Crippen LogP contribution in [0.15, 0.2) is 65.6 Å². The molecule has 1 heterocycles. The highest BCUT2D eigenvalue weighted by Crippen LogP contribution is 2.38. The number of carbonyl (C=O) groups is 2. The van der Waals surface area contributed by atoms with E-state index in [1.807, 2.05) is 19.1 Å². The van der Waals surface area contributed by atoms with Crippen LogP contribution in [0.5, 0.6) is 11.5 Å². The minimum absolute atomic E-state index is 0.262. The normalized spacial score (nSPS) is 14.7. The number of anilines is 1. The third kappa shape index (κ3) is 5.53. The molecule has 0 bridgehead atoms. The van der Waals surface area contributed by atoms with E-state index in [-0.39, 0.29) is 9.93 Å². The van der Waals surface area contributed by atoms with Crippen molar-refractivity contribution in [2.24, 2.45) is 0 Å². The van der Waals surface area contributed by atoms with Crippen molar-refractivity contribution in [3.05, 3.63) is 91.8 Å². The highest BCUT2D eigenvalue weighted by Gasteiger charge is 2.36. The summed E-state index contributed by atoms with van der Waals surface area (Å²) in [6.45, 7) is 2.66. The number of halogens is 3. The van der Waals surface area contributed by atoms with Crippen LogP contribution in [0.4, 0.5) is 10.5 Å². The molecule has 174 valence electrons. The second kappa shape index (κ2) is 10.7. The minimum Gasteiger partial charge on any atom is -0.490 e. The number of amides is 2. The largest absolute Gasteiger partial charge is 0.490 e. The van der Waals surface area contributed by atoms with Gasteiger partial charge in [0.15, 0.2) is 11.5 Å². The van der Waals surface area contributed by atoms with E-state index in [1.165, 1.54) is 6.07 Å². The van der Waals surface area contributed by atoms with Crippen molar-refractivity contribution in [3.63, 3.8) is 0 Å². The van der Waals surface area contributed by atoms with E-state index in [1.54, 1.807) is 48.5 Å². The Bertz CT molecular complexity index is 1280. The van der Waals surface area contributed by atoms with Crippen molar-refractivity contribution in [2.45, 2.75) is 13.5 Å². The van der Waals surface area contributed by atoms with Crippen LogP contribution in [0.2, 0.25) is 15.1 Å². The Labute approximate surface area is 216 Å². The van der Waals surface area contributed by atoms with E-state index in [9.17, 15) is 9.59 Å². The number of hydrogen-bond acceptors (Lipinski definition) is 5. The second-order valence-corrected chi connectivity index (χ2v) is 9.41. The number of carbonyl (C=O) groups excluding carboxylic acids is 2. The van der Waals surface area contributed by atoms with Gasteiger partial charge in [-0.25, -0.2) is 4.90 Å². The van der Waals surface area contributed by atoms with E-state index in [0.717, 1.165) is 22.2 Å². The fraction of sp³-hybridized carbons (Fsp3) is 0.120. The second-order valence-electron chi connectivity index (χ2n) is 7.17. The van der Waals surface area contributed by atoms with Crippen LogP contribution >= 0.6 is 46.6 Å². The molecule has 0 saturated carbocycles. The van der Waals surface area contributed by atoms with Gasteiger partial charge in [0.2, 0.25) is 0 Å². The first-order valence-electron chi connectivity index (χ1n) is 10.2. The molecule has 1 aliphatic heterocycles. The molecule has 1 fully saturated rings. The quantitative estimate of drug-likeness (QED) is 0.289. The minimum atomic E-state index is -0.436. The molecule has 0 atom stereocenters. The van der Waals surface area contributed by atoms with Gasteiger partial charge >= 0.3 is 0 Å². The van der Waals surface area contributed by atoms with Gasteiger partial charge in [0, 0.05) is 5.02 Å². The summed E-state index contributed by atoms with van der Waals surface area (Å²) in [5.74, 6) is 0.668. The maximum Gasteiger partial charge on any atom is 0.298 e. The van der Waals surface area contributed by atoms with Gasteiger partial charge in [-0.2, -0.15) is 0 Å². The molecular weight excluding hydrogens is 517 g/mol. The molecule has 9 heteroatoms. The first kappa shape index (κ1) is 24.5. The summed E-state index contributed by atoms with van der Waals surface area (Å²) in [6, 6.07) is 17.3. The van der Waals surface area contributed by atoms with Crippen LogP contribution in [0, 0.1) is 0 Å². The van der Waals surface area contributed by atoms with Crippen LogP contribution in [0.1, 0.15) is 18.1 Å². The molecule has 4 rings (SSSR count). The van der Waals surface area contributed by atoms with Gasteiger partial charge in [-0.3, -0.25) is 9.59 Å². The zero-order chi connectivity index (χ0) is 24.2. The summed E-state index contributed by atoms with van der Waals surface area (Å²) in [5, 5.41) is 0.849. The number of hydrogen-bond donors (Lipinski definition) is 0. The highest BCUT2D eigenvalue weighted by atomic mass is 35.5. The zero-order valence-electron chi connectivity index (χ0n) is 17.9. The Kier molecular flexibility index (Phi) is 7.73. The number of benzene rings is 3. The molecule has 0 spiro atoms. The average Bonchev–Trinajstić information content (AvgIpc) is 3.09. The summed E-state index contributed by atoms with van der Waals surface area (Å²) in [6.07, 6.45) is 1.65. The maximum atomic E-state index is 13.0.